The number of benzene rings is 1. The van der Waals surface area contributed by atoms with Crippen molar-refractivity contribution in [1.82, 2.24) is 5.32 Å². The molecule has 1 N–H and O–H groups in total. The molecule has 1 atom stereocenters. The lowest BCUT2D eigenvalue weighted by molar-refractivity contribution is -0.127. The minimum absolute atomic E-state index is 0.0763. The SMILES string of the molecule is CC1Cc2ccccc2N1CCNC(=O)C1(C#N)CCCC1. The highest BCUT2D eigenvalue weighted by atomic mass is 16.2. The summed E-state index contributed by atoms with van der Waals surface area (Å²) in [5, 5.41) is 12.3. The molecule has 3 rings (SSSR count). The number of nitrogens with one attached hydrogen (secondary N) is 1. The summed E-state index contributed by atoms with van der Waals surface area (Å²) < 4.78 is 0. The van der Waals surface area contributed by atoms with Crippen LogP contribution in [-0.4, -0.2) is 25.0 Å². The van der Waals surface area contributed by atoms with Gasteiger partial charge in [-0.05, 0) is 37.8 Å². The molecule has 1 aromatic carbocycles. The highest BCUT2D eigenvalue weighted by molar-refractivity contribution is 5.85. The maximum absolute atomic E-state index is 12.3. The Morgan fingerprint density at radius 1 is 1.41 bits per heavy atom. The van der Waals surface area contributed by atoms with Crippen molar-refractivity contribution in [2.45, 2.75) is 45.1 Å². The van der Waals surface area contributed by atoms with Crippen molar-refractivity contribution < 1.29 is 4.79 Å². The zero-order valence-corrected chi connectivity index (χ0v) is 13.1. The summed E-state index contributed by atoms with van der Waals surface area (Å²) in [7, 11) is 0. The van der Waals surface area contributed by atoms with Gasteiger partial charge in [0.15, 0.2) is 0 Å². The molecule has 0 radical (unpaired) electrons. The van der Waals surface area contributed by atoms with E-state index in [1.165, 1.54) is 11.3 Å². The molecule has 1 aromatic rings. The van der Waals surface area contributed by atoms with Crippen LogP contribution in [0.1, 0.15) is 38.2 Å². The quantitative estimate of drug-likeness (QED) is 0.929. The summed E-state index contributed by atoms with van der Waals surface area (Å²) in [4.78, 5) is 14.7. The van der Waals surface area contributed by atoms with Crippen LogP contribution in [0.4, 0.5) is 5.69 Å². The lowest BCUT2D eigenvalue weighted by atomic mass is 9.87. The Balaban J connectivity index is 1.58. The van der Waals surface area contributed by atoms with E-state index < -0.39 is 5.41 Å². The summed E-state index contributed by atoms with van der Waals surface area (Å²) in [6.07, 6.45) is 4.44. The Morgan fingerprint density at radius 2 is 2.14 bits per heavy atom. The van der Waals surface area contributed by atoms with E-state index in [1.807, 2.05) is 0 Å². The highest BCUT2D eigenvalue weighted by Crippen LogP contribution is 2.37. The van der Waals surface area contributed by atoms with Crippen molar-refractivity contribution in [3.63, 3.8) is 0 Å². The molecule has 1 heterocycles. The summed E-state index contributed by atoms with van der Waals surface area (Å²) in [5.41, 5.74) is 1.89. The predicted octanol–water partition coefficient (Wildman–Crippen LogP) is 2.64. The van der Waals surface area contributed by atoms with Crippen LogP contribution >= 0.6 is 0 Å². The maximum Gasteiger partial charge on any atom is 0.240 e. The van der Waals surface area contributed by atoms with Crippen LogP contribution in [0.5, 0.6) is 0 Å². The molecule has 116 valence electrons. The van der Waals surface area contributed by atoms with Crippen LogP contribution in [0, 0.1) is 16.7 Å². The van der Waals surface area contributed by atoms with Crippen LogP contribution < -0.4 is 10.2 Å². The van der Waals surface area contributed by atoms with E-state index in [0.717, 1.165) is 25.8 Å². The van der Waals surface area contributed by atoms with Crippen molar-refractivity contribution in [2.24, 2.45) is 5.41 Å². The van der Waals surface area contributed by atoms with Gasteiger partial charge in [0.2, 0.25) is 5.91 Å². The Labute approximate surface area is 132 Å². The highest BCUT2D eigenvalue weighted by Gasteiger charge is 2.41. The van der Waals surface area contributed by atoms with Gasteiger partial charge in [0.05, 0.1) is 6.07 Å². The molecule has 22 heavy (non-hydrogen) atoms. The van der Waals surface area contributed by atoms with Gasteiger partial charge in [-0.2, -0.15) is 5.26 Å². The van der Waals surface area contributed by atoms with Gasteiger partial charge in [0.25, 0.3) is 0 Å². The fourth-order valence-electron chi connectivity index (χ4n) is 3.80. The van der Waals surface area contributed by atoms with Crippen LogP contribution in [0.3, 0.4) is 0 Å². The zero-order chi connectivity index (χ0) is 15.6. The topological polar surface area (TPSA) is 56.1 Å². The van der Waals surface area contributed by atoms with Gasteiger partial charge in [-0.3, -0.25) is 4.79 Å². The number of nitrogens with zero attached hydrogens (tertiary/aromatic N) is 2. The van der Waals surface area contributed by atoms with Crippen LogP contribution in [0.25, 0.3) is 0 Å². The molecule has 1 aliphatic carbocycles. The van der Waals surface area contributed by atoms with E-state index in [9.17, 15) is 10.1 Å². The molecule has 4 nitrogen and oxygen atoms in total. The fourth-order valence-corrected chi connectivity index (χ4v) is 3.80. The van der Waals surface area contributed by atoms with Gasteiger partial charge in [-0.25, -0.2) is 0 Å². The molecule has 0 saturated heterocycles. The van der Waals surface area contributed by atoms with E-state index in [4.69, 9.17) is 0 Å². The average molecular weight is 297 g/mol. The van der Waals surface area contributed by atoms with Crippen molar-refractivity contribution in [3.8, 4) is 6.07 Å². The number of para-hydroxylation sites is 1. The smallest absolute Gasteiger partial charge is 0.240 e. The lowest BCUT2D eigenvalue weighted by Gasteiger charge is -2.26. The maximum atomic E-state index is 12.3. The van der Waals surface area contributed by atoms with E-state index in [1.54, 1.807) is 0 Å². The Bertz CT molecular complexity index is 599. The molecule has 1 amide bonds. The second-order valence-electron chi connectivity index (χ2n) is 6.53. The number of rotatable bonds is 4. The van der Waals surface area contributed by atoms with Crippen molar-refractivity contribution >= 4 is 11.6 Å². The van der Waals surface area contributed by atoms with Crippen molar-refractivity contribution in [2.75, 3.05) is 18.0 Å². The first kappa shape index (κ1) is 14.9. The van der Waals surface area contributed by atoms with Gasteiger partial charge < -0.3 is 10.2 Å². The predicted molar refractivity (Wildman–Crippen MR) is 86.5 cm³/mol. The largest absolute Gasteiger partial charge is 0.367 e. The second kappa shape index (κ2) is 6.00. The standard InChI is InChI=1S/C18H23N3O/c1-14-12-15-6-2-3-7-16(15)21(14)11-10-20-17(22)18(13-19)8-4-5-9-18/h2-3,6-7,14H,4-5,8-12H2,1H3,(H,20,22). The Kier molecular flexibility index (Phi) is 4.06. The first-order chi connectivity index (χ1) is 10.7. The van der Waals surface area contributed by atoms with Crippen molar-refractivity contribution in [3.05, 3.63) is 29.8 Å². The number of anilines is 1. The monoisotopic (exact) mass is 297 g/mol. The summed E-state index contributed by atoms with van der Waals surface area (Å²) >= 11 is 0. The first-order valence-corrected chi connectivity index (χ1v) is 8.20. The lowest BCUT2D eigenvalue weighted by Crippen LogP contribution is -2.43. The summed E-state index contributed by atoms with van der Waals surface area (Å²) in [6, 6.07) is 11.2. The zero-order valence-electron chi connectivity index (χ0n) is 13.1. The van der Waals surface area contributed by atoms with Gasteiger partial charge in [-0.15, -0.1) is 0 Å². The number of nitriles is 1. The van der Waals surface area contributed by atoms with Gasteiger partial charge in [0.1, 0.15) is 5.41 Å². The van der Waals surface area contributed by atoms with E-state index in [0.29, 0.717) is 25.4 Å². The second-order valence-corrected chi connectivity index (χ2v) is 6.53. The summed E-state index contributed by atoms with van der Waals surface area (Å²) in [6.45, 7) is 3.61. The molecule has 1 unspecified atom stereocenters. The normalized spacial score (nSPS) is 22.2. The molecule has 1 saturated carbocycles. The molecule has 4 heteroatoms. The van der Waals surface area contributed by atoms with Crippen LogP contribution in [0.15, 0.2) is 24.3 Å². The number of hydrogen-bond acceptors (Lipinski definition) is 3. The van der Waals surface area contributed by atoms with Crippen LogP contribution in [0.2, 0.25) is 0 Å². The van der Waals surface area contributed by atoms with Crippen LogP contribution in [-0.2, 0) is 11.2 Å². The molecule has 0 aromatic heterocycles. The van der Waals surface area contributed by atoms with Crippen molar-refractivity contribution in [1.29, 1.82) is 5.26 Å². The number of carbonyl (C=O) groups excluding carboxylic acids is 1. The minimum Gasteiger partial charge on any atom is -0.367 e. The molecule has 1 fully saturated rings. The van der Waals surface area contributed by atoms with Gasteiger partial charge in [0, 0.05) is 24.8 Å². The average Bonchev–Trinajstić information content (AvgIpc) is 3.13. The third kappa shape index (κ3) is 2.56. The molecular formula is C18H23N3O. The molecule has 2 aliphatic rings. The van der Waals surface area contributed by atoms with Gasteiger partial charge in [-0.1, -0.05) is 31.0 Å². The molecular weight excluding hydrogens is 274 g/mol. The number of hydrogen-bond donors (Lipinski definition) is 1. The van der Waals surface area contributed by atoms with E-state index >= 15 is 0 Å². The number of carbonyl (C=O) groups is 1. The van der Waals surface area contributed by atoms with E-state index in [-0.39, 0.29) is 5.91 Å². The first-order valence-electron chi connectivity index (χ1n) is 8.20. The fraction of sp³-hybridized carbons (Fsp3) is 0.556. The van der Waals surface area contributed by atoms with Gasteiger partial charge >= 0.3 is 0 Å². The third-order valence-electron chi connectivity index (χ3n) is 5.09. The Morgan fingerprint density at radius 3 is 2.86 bits per heavy atom. The molecule has 0 spiro atoms. The number of fused-ring (bicyclic) bond motifs is 1. The minimum atomic E-state index is -0.769. The number of amides is 1. The Hall–Kier alpha value is -2.02. The third-order valence-corrected chi connectivity index (χ3v) is 5.09. The summed E-state index contributed by atoms with van der Waals surface area (Å²) in [5.74, 6) is -0.0763. The molecule has 0 bridgehead atoms. The van der Waals surface area contributed by atoms with E-state index in [2.05, 4.69) is 47.5 Å². The molecule has 1 aliphatic heterocycles.